The lowest BCUT2D eigenvalue weighted by molar-refractivity contribution is 0.108. The van der Waals surface area contributed by atoms with E-state index in [2.05, 4.69) is 38.5 Å². The highest BCUT2D eigenvalue weighted by Crippen LogP contribution is 2.20. The van der Waals surface area contributed by atoms with Gasteiger partial charge in [0.15, 0.2) is 0 Å². The first-order valence-electron chi connectivity index (χ1n) is 3.20. The van der Waals surface area contributed by atoms with Crippen LogP contribution in [-0.4, -0.2) is 5.24 Å². The fourth-order valence-corrected chi connectivity index (χ4v) is 2.94. The van der Waals surface area contributed by atoms with Crippen LogP contribution in [0.3, 0.4) is 0 Å². The van der Waals surface area contributed by atoms with Crippen LogP contribution in [0.2, 0.25) is 0 Å². The van der Waals surface area contributed by atoms with Gasteiger partial charge < -0.3 is 0 Å². The second-order valence-electron chi connectivity index (χ2n) is 2.19. The normalized spacial score (nSPS) is 9.92. The van der Waals surface area contributed by atoms with Gasteiger partial charge in [-0.15, -0.1) is 0 Å². The van der Waals surface area contributed by atoms with Crippen molar-refractivity contribution >= 4 is 55.4 Å². The Balaban J connectivity index is 3.23. The Morgan fingerprint density at radius 3 is 2.75 bits per heavy atom. The molecule has 1 aromatic rings. The van der Waals surface area contributed by atoms with Gasteiger partial charge in [0.1, 0.15) is 0 Å². The number of alkyl halides is 1. The average molecular weight is 359 g/mol. The quantitative estimate of drug-likeness (QED) is 0.448. The monoisotopic (exact) mass is 358 g/mol. The van der Waals surface area contributed by atoms with Gasteiger partial charge in [0, 0.05) is 14.5 Å². The van der Waals surface area contributed by atoms with Crippen molar-refractivity contribution in [3.8, 4) is 0 Å². The van der Waals surface area contributed by atoms with Crippen molar-refractivity contribution in [3.63, 3.8) is 0 Å². The van der Waals surface area contributed by atoms with Crippen molar-refractivity contribution in [3.05, 3.63) is 32.9 Å². The maximum Gasteiger partial charge on any atom is 0.253 e. The summed E-state index contributed by atoms with van der Waals surface area (Å²) in [6.45, 7) is 0. The van der Waals surface area contributed by atoms with Crippen LogP contribution in [0.25, 0.3) is 0 Å². The Morgan fingerprint density at radius 1 is 1.58 bits per heavy atom. The SMILES string of the molecule is O=C(Cl)c1cccc(CBr)c1I. The molecular formula is C8H5BrClIO. The maximum absolute atomic E-state index is 10.9. The van der Waals surface area contributed by atoms with E-state index in [9.17, 15) is 4.79 Å². The Bertz CT molecular complexity index is 314. The topological polar surface area (TPSA) is 17.1 Å². The molecule has 1 aromatic carbocycles. The second kappa shape index (κ2) is 4.58. The Morgan fingerprint density at radius 2 is 2.25 bits per heavy atom. The molecule has 0 amide bonds. The molecule has 0 bridgehead atoms. The molecule has 0 radical (unpaired) electrons. The van der Waals surface area contributed by atoms with Crippen LogP contribution in [0.1, 0.15) is 15.9 Å². The molecule has 1 nitrogen and oxygen atoms in total. The summed E-state index contributed by atoms with van der Waals surface area (Å²) in [7, 11) is 0. The van der Waals surface area contributed by atoms with E-state index in [4.69, 9.17) is 11.6 Å². The van der Waals surface area contributed by atoms with E-state index in [1.807, 2.05) is 12.1 Å². The highest BCUT2D eigenvalue weighted by atomic mass is 127. The molecule has 1 rings (SSSR count). The van der Waals surface area contributed by atoms with E-state index in [1.54, 1.807) is 6.07 Å². The second-order valence-corrected chi connectivity index (χ2v) is 4.17. The molecule has 0 aromatic heterocycles. The van der Waals surface area contributed by atoms with Crippen LogP contribution >= 0.6 is 50.1 Å². The number of carbonyl (C=O) groups excluding carboxylic acids is 1. The molecule has 0 atom stereocenters. The van der Waals surface area contributed by atoms with Gasteiger partial charge in [0.2, 0.25) is 0 Å². The fourth-order valence-electron chi connectivity index (χ4n) is 0.835. The molecule has 0 saturated heterocycles. The molecule has 0 spiro atoms. The summed E-state index contributed by atoms with van der Waals surface area (Å²) in [6, 6.07) is 5.51. The van der Waals surface area contributed by atoms with Crippen LogP contribution in [-0.2, 0) is 5.33 Å². The van der Waals surface area contributed by atoms with E-state index in [0.29, 0.717) is 5.56 Å². The van der Waals surface area contributed by atoms with Gasteiger partial charge >= 0.3 is 0 Å². The van der Waals surface area contributed by atoms with Crippen LogP contribution in [0.5, 0.6) is 0 Å². The predicted octanol–water partition coefficient (Wildman–Crippen LogP) is 3.57. The average Bonchev–Trinajstić information content (AvgIpc) is 2.04. The Labute approximate surface area is 97.8 Å². The number of rotatable bonds is 2. The molecule has 0 heterocycles. The van der Waals surface area contributed by atoms with Crippen molar-refractivity contribution in [2.45, 2.75) is 5.33 Å². The summed E-state index contributed by atoms with van der Waals surface area (Å²) in [5.41, 5.74) is 1.66. The predicted molar refractivity (Wildman–Crippen MR) is 62.0 cm³/mol. The van der Waals surface area contributed by atoms with Crippen LogP contribution in [0, 0.1) is 3.57 Å². The summed E-state index contributed by atoms with van der Waals surface area (Å²) >= 11 is 10.8. The van der Waals surface area contributed by atoms with Crippen molar-refractivity contribution in [2.24, 2.45) is 0 Å². The minimum Gasteiger partial charge on any atom is -0.276 e. The third-order valence-corrected chi connectivity index (χ3v) is 3.52. The zero-order chi connectivity index (χ0) is 9.14. The number of benzene rings is 1. The molecule has 0 aliphatic carbocycles. The van der Waals surface area contributed by atoms with Gasteiger partial charge in [0.05, 0.1) is 0 Å². The smallest absolute Gasteiger partial charge is 0.253 e. The third kappa shape index (κ3) is 2.20. The van der Waals surface area contributed by atoms with Gasteiger partial charge in [-0.1, -0.05) is 28.1 Å². The number of hydrogen-bond donors (Lipinski definition) is 0. The van der Waals surface area contributed by atoms with Crippen LogP contribution in [0.15, 0.2) is 18.2 Å². The minimum absolute atomic E-state index is 0.401. The largest absolute Gasteiger partial charge is 0.276 e. The fraction of sp³-hybridized carbons (Fsp3) is 0.125. The number of carbonyl (C=O) groups is 1. The van der Waals surface area contributed by atoms with E-state index in [1.165, 1.54) is 0 Å². The molecule has 64 valence electrons. The molecule has 0 aliphatic rings. The highest BCUT2D eigenvalue weighted by Gasteiger charge is 2.08. The lowest BCUT2D eigenvalue weighted by atomic mass is 10.2. The summed E-state index contributed by atoms with van der Waals surface area (Å²) < 4.78 is 0.923. The number of halogens is 3. The zero-order valence-electron chi connectivity index (χ0n) is 5.98. The lowest BCUT2D eigenvalue weighted by Crippen LogP contribution is -1.96. The summed E-state index contributed by atoms with van der Waals surface area (Å²) in [6.07, 6.45) is 0. The zero-order valence-corrected chi connectivity index (χ0v) is 10.5. The highest BCUT2D eigenvalue weighted by molar-refractivity contribution is 14.1. The van der Waals surface area contributed by atoms with Crippen LogP contribution < -0.4 is 0 Å². The molecule has 12 heavy (non-hydrogen) atoms. The van der Waals surface area contributed by atoms with E-state index in [0.717, 1.165) is 14.5 Å². The van der Waals surface area contributed by atoms with Gasteiger partial charge in [-0.25, -0.2) is 0 Å². The third-order valence-electron chi connectivity index (χ3n) is 1.43. The maximum atomic E-state index is 10.9. The van der Waals surface area contributed by atoms with Crippen molar-refractivity contribution in [1.29, 1.82) is 0 Å². The van der Waals surface area contributed by atoms with E-state index < -0.39 is 5.24 Å². The lowest BCUT2D eigenvalue weighted by Gasteiger charge is -2.02. The Hall–Kier alpha value is 0.390. The number of hydrogen-bond acceptors (Lipinski definition) is 1. The first-order valence-corrected chi connectivity index (χ1v) is 5.78. The molecular weight excluding hydrogens is 354 g/mol. The molecule has 4 heteroatoms. The van der Waals surface area contributed by atoms with E-state index >= 15 is 0 Å². The molecule has 0 fully saturated rings. The van der Waals surface area contributed by atoms with Gasteiger partial charge in [-0.2, -0.15) is 0 Å². The molecule has 0 aliphatic heterocycles. The van der Waals surface area contributed by atoms with Gasteiger partial charge in [-0.3, -0.25) is 4.79 Å². The van der Waals surface area contributed by atoms with E-state index in [-0.39, 0.29) is 0 Å². The molecule has 0 N–H and O–H groups in total. The van der Waals surface area contributed by atoms with Gasteiger partial charge in [0.25, 0.3) is 5.24 Å². The summed E-state index contributed by atoms with van der Waals surface area (Å²) in [5.74, 6) is 0. The first kappa shape index (κ1) is 10.5. The summed E-state index contributed by atoms with van der Waals surface area (Å²) in [4.78, 5) is 10.9. The van der Waals surface area contributed by atoms with Crippen molar-refractivity contribution in [2.75, 3.05) is 0 Å². The molecule has 0 saturated carbocycles. The minimum atomic E-state index is -0.401. The molecule has 0 unspecified atom stereocenters. The standard InChI is InChI=1S/C8H5BrClIO/c9-4-5-2-1-3-6(7(5)11)8(10)12/h1-3H,4H2. The first-order chi connectivity index (χ1) is 5.66. The van der Waals surface area contributed by atoms with Crippen LogP contribution in [0.4, 0.5) is 0 Å². The Kier molecular flexibility index (Phi) is 3.99. The van der Waals surface area contributed by atoms with Gasteiger partial charge in [-0.05, 0) is 45.8 Å². The van der Waals surface area contributed by atoms with Crippen molar-refractivity contribution in [1.82, 2.24) is 0 Å². The van der Waals surface area contributed by atoms with Crippen molar-refractivity contribution < 1.29 is 4.79 Å². The summed E-state index contributed by atoms with van der Waals surface area (Å²) in [5, 5.41) is 0.339.